The second-order valence-corrected chi connectivity index (χ2v) is 5.63. The Bertz CT molecular complexity index is 760. The second kappa shape index (κ2) is 7.55. The Hall–Kier alpha value is -2.95. The molecular weight excluding hydrogens is 308 g/mol. The van der Waals surface area contributed by atoms with E-state index in [1.807, 2.05) is 24.3 Å². The van der Waals surface area contributed by atoms with Gasteiger partial charge in [0.05, 0.1) is 11.1 Å². The maximum absolute atomic E-state index is 11.3. The normalized spacial score (nSPS) is 12.6. The Morgan fingerprint density at radius 2 is 1.50 bits per heavy atom. The summed E-state index contributed by atoms with van der Waals surface area (Å²) in [5, 5.41) is 17.2. The molecule has 2 aromatic carbocycles. The van der Waals surface area contributed by atoms with Crippen molar-refractivity contribution in [1.82, 2.24) is 0 Å². The summed E-state index contributed by atoms with van der Waals surface area (Å²) < 4.78 is 0. The van der Waals surface area contributed by atoms with Gasteiger partial charge in [0.15, 0.2) is 5.78 Å². The van der Waals surface area contributed by atoms with Crippen molar-refractivity contribution in [2.75, 3.05) is 0 Å². The fourth-order valence-corrected chi connectivity index (χ4v) is 2.61. The van der Waals surface area contributed by atoms with Crippen LogP contribution >= 0.6 is 0 Å². The van der Waals surface area contributed by atoms with Crippen LogP contribution in [0.5, 0.6) is 0 Å². The first-order chi connectivity index (χ1) is 11.4. The number of ketones is 1. The van der Waals surface area contributed by atoms with Gasteiger partial charge in [0.25, 0.3) is 0 Å². The number of hydrogen-bond acceptors (Lipinski definition) is 3. The van der Waals surface area contributed by atoms with Gasteiger partial charge in [-0.15, -0.1) is 0 Å². The summed E-state index contributed by atoms with van der Waals surface area (Å²) in [5.74, 6) is -1.93. The lowest BCUT2D eigenvalue weighted by Crippen LogP contribution is -2.09. The molecular formula is C19H18O5. The number of carbonyl (C=O) groups excluding carboxylic acids is 1. The molecule has 0 aromatic heterocycles. The molecule has 0 aliphatic heterocycles. The molecule has 0 bridgehead atoms. The summed E-state index contributed by atoms with van der Waals surface area (Å²) in [6.45, 7) is 1.65. The molecule has 124 valence electrons. The number of aryl methyl sites for hydroxylation is 2. The molecule has 0 spiro atoms. The first kappa shape index (κ1) is 17.4. The topological polar surface area (TPSA) is 91.7 Å². The highest BCUT2D eigenvalue weighted by Gasteiger charge is 2.15. The van der Waals surface area contributed by atoms with Crippen molar-refractivity contribution >= 4 is 17.7 Å². The highest BCUT2D eigenvalue weighted by atomic mass is 16.4. The van der Waals surface area contributed by atoms with Gasteiger partial charge in [-0.25, -0.2) is 9.59 Å². The quantitative estimate of drug-likeness (QED) is 0.880. The molecule has 0 atom stereocenters. The third-order valence-electron chi connectivity index (χ3n) is 3.74. The Kier molecular flexibility index (Phi) is 5.47. The van der Waals surface area contributed by atoms with Crippen LogP contribution in [0.2, 0.25) is 0 Å². The molecule has 0 unspecified atom stereocenters. The number of carboxylic acid groups (broad SMARTS) is 2. The lowest BCUT2D eigenvalue weighted by atomic mass is 9.91. The summed E-state index contributed by atoms with van der Waals surface area (Å²) in [6, 6.07) is 11.9. The number of fused-ring (bicyclic) bond motifs is 1. The van der Waals surface area contributed by atoms with Crippen molar-refractivity contribution in [3.05, 3.63) is 70.3 Å². The van der Waals surface area contributed by atoms with Crippen molar-refractivity contribution in [1.29, 1.82) is 0 Å². The lowest BCUT2D eigenvalue weighted by molar-refractivity contribution is 0.0696. The van der Waals surface area contributed by atoms with Crippen LogP contribution in [0.3, 0.4) is 0 Å². The second-order valence-electron chi connectivity index (χ2n) is 5.63. The van der Waals surface area contributed by atoms with Crippen molar-refractivity contribution in [3.63, 3.8) is 0 Å². The van der Waals surface area contributed by atoms with E-state index in [0.717, 1.165) is 30.9 Å². The molecule has 2 aromatic rings. The largest absolute Gasteiger partial charge is 0.478 e. The van der Waals surface area contributed by atoms with E-state index in [9.17, 15) is 14.4 Å². The number of carbonyl (C=O) groups is 3. The highest BCUT2D eigenvalue weighted by Crippen LogP contribution is 2.20. The van der Waals surface area contributed by atoms with Gasteiger partial charge in [0, 0.05) is 12.0 Å². The molecule has 1 aliphatic rings. The van der Waals surface area contributed by atoms with Crippen LogP contribution in [0.1, 0.15) is 55.0 Å². The van der Waals surface area contributed by atoms with E-state index >= 15 is 0 Å². The molecule has 24 heavy (non-hydrogen) atoms. The molecule has 1 aliphatic carbocycles. The maximum Gasteiger partial charge on any atom is 0.335 e. The van der Waals surface area contributed by atoms with E-state index in [0.29, 0.717) is 11.3 Å². The van der Waals surface area contributed by atoms with Gasteiger partial charge < -0.3 is 10.2 Å². The Morgan fingerprint density at radius 3 is 2.04 bits per heavy atom. The smallest absolute Gasteiger partial charge is 0.335 e. The average molecular weight is 326 g/mol. The SMILES string of the molecule is Cc1cc(C(=O)O)cc(C(=O)O)c1.O=C1CCCc2ccccc21. The van der Waals surface area contributed by atoms with Gasteiger partial charge >= 0.3 is 11.9 Å². The van der Waals surface area contributed by atoms with Crippen LogP contribution in [0.15, 0.2) is 42.5 Å². The summed E-state index contributed by atoms with van der Waals surface area (Å²) in [5.41, 5.74) is 2.79. The van der Waals surface area contributed by atoms with Crippen LogP contribution in [-0.2, 0) is 6.42 Å². The van der Waals surface area contributed by atoms with Crippen LogP contribution in [0, 0.1) is 6.92 Å². The van der Waals surface area contributed by atoms with E-state index < -0.39 is 11.9 Å². The minimum atomic E-state index is -1.12. The Balaban J connectivity index is 0.000000175. The predicted octanol–water partition coefficient (Wildman–Crippen LogP) is 3.60. The molecule has 5 nitrogen and oxygen atoms in total. The Labute approximate surface area is 139 Å². The van der Waals surface area contributed by atoms with Crippen LogP contribution in [-0.4, -0.2) is 27.9 Å². The first-order valence-electron chi connectivity index (χ1n) is 7.58. The van der Waals surface area contributed by atoms with Crippen molar-refractivity contribution in [2.45, 2.75) is 26.2 Å². The molecule has 0 fully saturated rings. The van der Waals surface area contributed by atoms with Gasteiger partial charge in [0.1, 0.15) is 0 Å². The third kappa shape index (κ3) is 4.29. The van der Waals surface area contributed by atoms with Gasteiger partial charge in [-0.1, -0.05) is 24.3 Å². The number of rotatable bonds is 2. The molecule has 5 heteroatoms. The van der Waals surface area contributed by atoms with E-state index in [1.54, 1.807) is 6.92 Å². The highest BCUT2D eigenvalue weighted by molar-refractivity contribution is 5.98. The van der Waals surface area contributed by atoms with Crippen molar-refractivity contribution in [3.8, 4) is 0 Å². The summed E-state index contributed by atoms with van der Waals surface area (Å²) in [6.07, 6.45) is 2.83. The molecule has 2 N–H and O–H groups in total. The maximum atomic E-state index is 11.3. The number of carboxylic acids is 2. The minimum Gasteiger partial charge on any atom is -0.478 e. The Morgan fingerprint density at radius 1 is 0.917 bits per heavy atom. The summed E-state index contributed by atoms with van der Waals surface area (Å²) in [7, 11) is 0. The predicted molar refractivity (Wildman–Crippen MR) is 88.8 cm³/mol. The molecule has 3 rings (SSSR count). The third-order valence-corrected chi connectivity index (χ3v) is 3.74. The first-order valence-corrected chi connectivity index (χ1v) is 7.58. The monoisotopic (exact) mass is 326 g/mol. The molecule has 0 heterocycles. The van der Waals surface area contributed by atoms with Gasteiger partial charge in [-0.2, -0.15) is 0 Å². The number of Topliss-reactive ketones (excluding diaryl/α,β-unsaturated/α-hetero) is 1. The molecule has 0 saturated heterocycles. The molecule has 0 amide bonds. The van der Waals surface area contributed by atoms with Crippen LogP contribution in [0.4, 0.5) is 0 Å². The minimum absolute atomic E-state index is 0.00241. The summed E-state index contributed by atoms with van der Waals surface area (Å²) in [4.78, 5) is 32.4. The average Bonchev–Trinajstić information content (AvgIpc) is 2.55. The van der Waals surface area contributed by atoms with Gasteiger partial charge in [-0.05, 0) is 49.1 Å². The zero-order valence-electron chi connectivity index (χ0n) is 13.3. The summed E-state index contributed by atoms with van der Waals surface area (Å²) >= 11 is 0. The molecule has 0 saturated carbocycles. The fourth-order valence-electron chi connectivity index (χ4n) is 2.61. The van der Waals surface area contributed by atoms with Gasteiger partial charge in [0.2, 0.25) is 0 Å². The number of benzene rings is 2. The van der Waals surface area contributed by atoms with Crippen LogP contribution < -0.4 is 0 Å². The zero-order chi connectivity index (χ0) is 17.7. The number of aromatic carboxylic acids is 2. The van der Waals surface area contributed by atoms with E-state index in [1.165, 1.54) is 17.7 Å². The zero-order valence-corrected chi connectivity index (χ0v) is 13.3. The van der Waals surface area contributed by atoms with E-state index in [2.05, 4.69) is 0 Å². The fraction of sp³-hybridized carbons (Fsp3) is 0.211. The van der Waals surface area contributed by atoms with E-state index in [4.69, 9.17) is 10.2 Å². The van der Waals surface area contributed by atoms with Gasteiger partial charge in [-0.3, -0.25) is 4.79 Å². The molecule has 0 radical (unpaired) electrons. The lowest BCUT2D eigenvalue weighted by Gasteiger charge is -2.12. The van der Waals surface area contributed by atoms with Crippen molar-refractivity contribution < 1.29 is 24.6 Å². The standard InChI is InChI=1S/C10H10O.C9H8O4/c11-10-7-3-5-8-4-1-2-6-9(8)10;1-5-2-6(8(10)11)4-7(3-5)9(12)13/h1-2,4,6H,3,5,7H2;2-4H,1H3,(H,10,11)(H,12,13). The van der Waals surface area contributed by atoms with Crippen LogP contribution in [0.25, 0.3) is 0 Å². The van der Waals surface area contributed by atoms with Crippen molar-refractivity contribution in [2.24, 2.45) is 0 Å². The number of hydrogen-bond donors (Lipinski definition) is 2. The van der Waals surface area contributed by atoms with E-state index in [-0.39, 0.29) is 11.1 Å².